The van der Waals surface area contributed by atoms with E-state index in [1.165, 1.54) is 19.6 Å². The van der Waals surface area contributed by atoms with E-state index in [0.29, 0.717) is 0 Å². The van der Waals surface area contributed by atoms with Gasteiger partial charge in [-0.3, -0.25) is 0 Å². The molecular formula is C10H21F4NO3S. The minimum absolute atomic E-state index is 1.18. The second-order valence-electron chi connectivity index (χ2n) is 3.56. The van der Waals surface area contributed by atoms with E-state index in [1.54, 1.807) is 0 Å². The maximum Gasteiger partial charge on any atom is 0.406 e. The van der Waals surface area contributed by atoms with Crippen LogP contribution in [0.2, 0.25) is 0 Å². The molecule has 1 atom stereocenters. The van der Waals surface area contributed by atoms with Gasteiger partial charge in [0.2, 0.25) is 11.1 Å². The first-order valence-corrected chi connectivity index (χ1v) is 6.91. The monoisotopic (exact) mass is 311 g/mol. The molecule has 0 radical (unpaired) electrons. The highest BCUT2D eigenvalue weighted by atomic mass is 32.2. The summed E-state index contributed by atoms with van der Waals surface area (Å²) in [6.07, 6.45) is -1.55. The molecule has 0 fully saturated rings. The summed E-state index contributed by atoms with van der Waals surface area (Å²) in [6, 6.07) is 0. The summed E-state index contributed by atoms with van der Waals surface area (Å²) in [5.74, 6) is -4.67. The molecule has 19 heavy (non-hydrogen) atoms. The lowest BCUT2D eigenvalue weighted by molar-refractivity contribution is -0.165. The molecule has 0 bridgehead atoms. The average Bonchev–Trinajstić information content (AvgIpc) is 2.31. The highest BCUT2D eigenvalue weighted by Gasteiger charge is 2.60. The van der Waals surface area contributed by atoms with Crippen LogP contribution in [0, 0.1) is 0 Å². The molecule has 0 aliphatic heterocycles. The summed E-state index contributed by atoms with van der Waals surface area (Å²) in [4.78, 5) is 2.38. The van der Waals surface area contributed by atoms with Gasteiger partial charge in [0.15, 0.2) is 0 Å². The third kappa shape index (κ3) is 7.19. The average molecular weight is 311 g/mol. The van der Waals surface area contributed by atoms with Gasteiger partial charge in [-0.25, -0.2) is 4.21 Å². The summed E-state index contributed by atoms with van der Waals surface area (Å²) < 4.78 is 66.1. The maximum atomic E-state index is 12.2. The molecule has 1 unspecified atom stereocenters. The molecule has 2 N–H and O–H groups in total. The predicted octanol–water partition coefficient (Wildman–Crippen LogP) is 2.17. The van der Waals surface area contributed by atoms with Crippen molar-refractivity contribution in [2.45, 2.75) is 38.4 Å². The van der Waals surface area contributed by atoms with Crippen molar-refractivity contribution in [1.82, 2.24) is 4.90 Å². The molecule has 0 aromatic carbocycles. The van der Waals surface area contributed by atoms with Gasteiger partial charge in [0.1, 0.15) is 0 Å². The quantitative estimate of drug-likeness (QED) is 0.559. The third-order valence-electron chi connectivity index (χ3n) is 2.41. The van der Waals surface area contributed by atoms with Crippen molar-refractivity contribution in [1.29, 1.82) is 0 Å². The molecule has 0 spiro atoms. The highest BCUT2D eigenvalue weighted by molar-refractivity contribution is 7.80. The van der Waals surface area contributed by atoms with Gasteiger partial charge in [0.05, 0.1) is 0 Å². The van der Waals surface area contributed by atoms with Crippen molar-refractivity contribution in [3.63, 3.8) is 0 Å². The van der Waals surface area contributed by atoms with Crippen molar-refractivity contribution in [3.8, 4) is 0 Å². The van der Waals surface area contributed by atoms with Gasteiger partial charge < -0.3 is 14.6 Å². The van der Waals surface area contributed by atoms with Crippen LogP contribution < -0.4 is 0 Å². The van der Waals surface area contributed by atoms with Crippen molar-refractivity contribution in [2.75, 3.05) is 26.2 Å². The zero-order valence-electron chi connectivity index (χ0n) is 11.2. The Labute approximate surface area is 113 Å². The Morgan fingerprint density at radius 2 is 1.42 bits per heavy atom. The largest absolute Gasteiger partial charge is 0.406 e. The van der Waals surface area contributed by atoms with Crippen LogP contribution in [-0.4, -0.2) is 56.2 Å². The number of halogens is 4. The SMILES string of the molecule is CCN(CC)CC.O=S(O)C(F)(F)C(F)(F)CCO. The van der Waals surface area contributed by atoms with E-state index < -0.39 is 35.3 Å². The second-order valence-corrected chi connectivity index (χ2v) is 4.57. The van der Waals surface area contributed by atoms with E-state index in [4.69, 9.17) is 9.66 Å². The summed E-state index contributed by atoms with van der Waals surface area (Å²) in [6.45, 7) is 8.94. The molecular weight excluding hydrogens is 290 g/mol. The summed E-state index contributed by atoms with van der Waals surface area (Å²) in [7, 11) is 0. The molecule has 9 heteroatoms. The summed E-state index contributed by atoms with van der Waals surface area (Å²) in [5.41, 5.74) is 0. The topological polar surface area (TPSA) is 60.8 Å². The van der Waals surface area contributed by atoms with Gasteiger partial charge in [0.25, 0.3) is 0 Å². The Balaban J connectivity index is 0. The number of aliphatic hydroxyl groups excluding tert-OH is 1. The first kappa shape index (κ1) is 21.1. The minimum Gasteiger partial charge on any atom is -0.396 e. The summed E-state index contributed by atoms with van der Waals surface area (Å²) >= 11 is -3.94. The molecule has 0 aromatic heterocycles. The third-order valence-corrected chi connectivity index (χ3v) is 3.15. The van der Waals surface area contributed by atoms with E-state index in [9.17, 15) is 21.8 Å². The van der Waals surface area contributed by atoms with Crippen LogP contribution in [-0.2, 0) is 11.1 Å². The number of aliphatic hydroxyl groups is 1. The van der Waals surface area contributed by atoms with E-state index in [2.05, 4.69) is 25.7 Å². The van der Waals surface area contributed by atoms with E-state index in [0.717, 1.165) is 0 Å². The minimum atomic E-state index is -5.02. The molecule has 0 aliphatic carbocycles. The Hall–Kier alpha value is -0.250. The van der Waals surface area contributed by atoms with Crippen LogP contribution in [0.15, 0.2) is 0 Å². The Bertz CT molecular complexity index is 258. The second kappa shape index (κ2) is 9.62. The highest BCUT2D eigenvalue weighted by Crippen LogP contribution is 2.38. The van der Waals surface area contributed by atoms with Gasteiger partial charge >= 0.3 is 11.2 Å². The Morgan fingerprint density at radius 3 is 1.58 bits per heavy atom. The van der Waals surface area contributed by atoms with Crippen LogP contribution in [0.1, 0.15) is 27.2 Å². The van der Waals surface area contributed by atoms with Gasteiger partial charge in [-0.05, 0) is 19.6 Å². The molecule has 0 aliphatic rings. The van der Waals surface area contributed by atoms with Crippen LogP contribution in [0.4, 0.5) is 17.6 Å². The van der Waals surface area contributed by atoms with E-state index in [-0.39, 0.29) is 0 Å². The zero-order valence-corrected chi connectivity index (χ0v) is 12.0. The van der Waals surface area contributed by atoms with Crippen molar-refractivity contribution in [2.24, 2.45) is 0 Å². The van der Waals surface area contributed by atoms with E-state index in [1.807, 2.05) is 0 Å². The van der Waals surface area contributed by atoms with Crippen molar-refractivity contribution < 1.29 is 31.4 Å². The fourth-order valence-electron chi connectivity index (χ4n) is 1.08. The lowest BCUT2D eigenvalue weighted by atomic mass is 10.2. The number of hydrogen-bond acceptors (Lipinski definition) is 3. The van der Waals surface area contributed by atoms with Crippen molar-refractivity contribution >= 4 is 11.1 Å². The Kier molecular flexibility index (Phi) is 10.7. The first-order valence-electron chi connectivity index (χ1n) is 5.80. The fraction of sp³-hybridized carbons (Fsp3) is 1.00. The van der Waals surface area contributed by atoms with Crippen LogP contribution in [0.25, 0.3) is 0 Å². The molecule has 4 nitrogen and oxygen atoms in total. The number of nitrogens with zero attached hydrogens (tertiary/aromatic N) is 1. The number of rotatable bonds is 7. The van der Waals surface area contributed by atoms with E-state index >= 15 is 0 Å². The number of hydrogen-bond donors (Lipinski definition) is 2. The molecule has 0 saturated heterocycles. The fourth-order valence-corrected chi connectivity index (χ4v) is 1.44. The maximum absolute atomic E-state index is 12.2. The molecule has 0 heterocycles. The van der Waals surface area contributed by atoms with Crippen LogP contribution >= 0.6 is 0 Å². The summed E-state index contributed by atoms with van der Waals surface area (Å²) in [5, 5.41) is 2.93. The van der Waals surface area contributed by atoms with Gasteiger partial charge in [0, 0.05) is 13.0 Å². The number of alkyl halides is 4. The standard InChI is InChI=1S/C6H15N.C4H6F4O3S/c1-4-7(5-2)6-3;5-3(6,1-2-9)4(7,8)12(10)11/h4-6H2,1-3H3;9H,1-2H2,(H,10,11). The molecule has 0 rings (SSSR count). The molecule has 0 aromatic rings. The predicted molar refractivity (Wildman–Crippen MR) is 65.8 cm³/mol. The molecule has 0 saturated carbocycles. The lowest BCUT2D eigenvalue weighted by Crippen LogP contribution is -2.44. The van der Waals surface area contributed by atoms with Gasteiger partial charge in [-0.1, -0.05) is 20.8 Å². The van der Waals surface area contributed by atoms with Gasteiger partial charge in [-0.2, -0.15) is 17.6 Å². The normalized spacial score (nSPS) is 14.0. The van der Waals surface area contributed by atoms with Gasteiger partial charge in [-0.15, -0.1) is 0 Å². The van der Waals surface area contributed by atoms with Crippen LogP contribution in [0.5, 0.6) is 0 Å². The van der Waals surface area contributed by atoms with Crippen LogP contribution in [0.3, 0.4) is 0 Å². The molecule has 0 amide bonds. The molecule has 118 valence electrons. The first-order chi connectivity index (χ1) is 8.60. The Morgan fingerprint density at radius 1 is 1.05 bits per heavy atom. The zero-order chi connectivity index (χ0) is 15.7. The smallest absolute Gasteiger partial charge is 0.396 e. The lowest BCUT2D eigenvalue weighted by Gasteiger charge is -2.22. The van der Waals surface area contributed by atoms with Crippen molar-refractivity contribution in [3.05, 3.63) is 0 Å².